The minimum Gasteiger partial charge on any atom is -0.367 e. The van der Waals surface area contributed by atoms with Crippen LogP contribution >= 0.6 is 11.6 Å². The third-order valence-electron chi connectivity index (χ3n) is 3.49. The van der Waals surface area contributed by atoms with Gasteiger partial charge in [-0.05, 0) is 24.6 Å². The van der Waals surface area contributed by atoms with E-state index in [4.69, 9.17) is 22.1 Å². The van der Waals surface area contributed by atoms with Crippen molar-refractivity contribution >= 4 is 23.4 Å². The van der Waals surface area contributed by atoms with Gasteiger partial charge in [0.1, 0.15) is 5.82 Å². The summed E-state index contributed by atoms with van der Waals surface area (Å²) >= 11 is 5.69. The average molecular weight is 315 g/mol. The molecule has 1 heterocycles. The number of rotatable bonds is 3. The number of halogens is 2. The zero-order valence-corrected chi connectivity index (χ0v) is 12.3. The predicted octanol–water partition coefficient (Wildman–Crippen LogP) is 1.12. The molecule has 7 heteroatoms. The van der Waals surface area contributed by atoms with Gasteiger partial charge in [-0.2, -0.15) is 0 Å². The Morgan fingerprint density at radius 1 is 1.52 bits per heavy atom. The number of ether oxygens (including phenoxy) is 1. The maximum absolute atomic E-state index is 13.1. The Morgan fingerprint density at radius 3 is 2.86 bits per heavy atom. The Labute approximate surface area is 126 Å². The summed E-state index contributed by atoms with van der Waals surface area (Å²) in [6.45, 7) is 2.30. The van der Waals surface area contributed by atoms with Gasteiger partial charge in [0, 0.05) is 6.54 Å². The largest absolute Gasteiger partial charge is 0.367 e. The Hall–Kier alpha value is -1.66. The van der Waals surface area contributed by atoms with E-state index in [1.807, 2.05) is 0 Å². The highest BCUT2D eigenvalue weighted by atomic mass is 35.5. The van der Waals surface area contributed by atoms with Crippen molar-refractivity contribution < 1.29 is 18.7 Å². The molecule has 0 spiro atoms. The van der Waals surface area contributed by atoms with Crippen LogP contribution in [-0.4, -0.2) is 42.0 Å². The van der Waals surface area contributed by atoms with Gasteiger partial charge in [0.15, 0.2) is 5.60 Å². The zero-order chi connectivity index (χ0) is 15.6. The predicted molar refractivity (Wildman–Crippen MR) is 75.2 cm³/mol. The molecule has 1 saturated heterocycles. The van der Waals surface area contributed by atoms with Crippen LogP contribution in [0.25, 0.3) is 0 Å². The molecule has 1 fully saturated rings. The fourth-order valence-electron chi connectivity index (χ4n) is 2.17. The van der Waals surface area contributed by atoms with E-state index in [9.17, 15) is 14.0 Å². The molecule has 0 saturated carbocycles. The number of hydrogen-bond donors (Lipinski definition) is 1. The highest BCUT2D eigenvalue weighted by molar-refractivity contribution is 6.30. The van der Waals surface area contributed by atoms with Gasteiger partial charge < -0.3 is 15.4 Å². The molecule has 1 aliphatic heterocycles. The SMILES string of the molecule is CC1(C(N)=O)CN(C(=O)Cc2ccc(F)c(Cl)c2)CCO1. The van der Waals surface area contributed by atoms with E-state index >= 15 is 0 Å². The van der Waals surface area contributed by atoms with Crippen LogP contribution in [0.5, 0.6) is 0 Å². The molecule has 1 unspecified atom stereocenters. The summed E-state index contributed by atoms with van der Waals surface area (Å²) in [5.74, 6) is -1.32. The fraction of sp³-hybridized carbons (Fsp3) is 0.429. The number of amides is 2. The molecule has 5 nitrogen and oxygen atoms in total. The van der Waals surface area contributed by atoms with Crippen LogP contribution < -0.4 is 5.73 Å². The smallest absolute Gasteiger partial charge is 0.251 e. The first-order chi connectivity index (χ1) is 9.82. The van der Waals surface area contributed by atoms with E-state index in [2.05, 4.69) is 0 Å². The highest BCUT2D eigenvalue weighted by Gasteiger charge is 2.39. The van der Waals surface area contributed by atoms with Gasteiger partial charge in [0.25, 0.3) is 5.91 Å². The summed E-state index contributed by atoms with van der Waals surface area (Å²) < 4.78 is 18.4. The van der Waals surface area contributed by atoms with Crippen molar-refractivity contribution in [2.75, 3.05) is 19.7 Å². The van der Waals surface area contributed by atoms with E-state index in [1.165, 1.54) is 23.1 Å². The standard InChI is InChI=1S/C14H16ClFN2O3/c1-14(13(17)20)8-18(4-5-21-14)12(19)7-9-2-3-11(16)10(15)6-9/h2-3,6H,4-5,7-8H2,1H3,(H2,17,20). The maximum atomic E-state index is 13.1. The molecule has 2 rings (SSSR count). The van der Waals surface area contributed by atoms with Gasteiger partial charge in [0.2, 0.25) is 5.91 Å². The van der Waals surface area contributed by atoms with Gasteiger partial charge in [-0.1, -0.05) is 17.7 Å². The lowest BCUT2D eigenvalue weighted by Crippen LogP contribution is -2.58. The number of nitrogens with zero attached hydrogens (tertiary/aromatic N) is 1. The number of carbonyl (C=O) groups is 2. The van der Waals surface area contributed by atoms with Gasteiger partial charge in [-0.25, -0.2) is 4.39 Å². The molecule has 0 aromatic heterocycles. The molecule has 0 aliphatic carbocycles. The second-order valence-electron chi connectivity index (χ2n) is 5.18. The van der Waals surface area contributed by atoms with Gasteiger partial charge in [-0.15, -0.1) is 0 Å². The van der Waals surface area contributed by atoms with Gasteiger partial charge in [-0.3, -0.25) is 9.59 Å². The van der Waals surface area contributed by atoms with Crippen molar-refractivity contribution in [3.63, 3.8) is 0 Å². The van der Waals surface area contributed by atoms with Gasteiger partial charge in [0.05, 0.1) is 24.6 Å². The van der Waals surface area contributed by atoms with E-state index in [-0.39, 0.29) is 30.5 Å². The van der Waals surface area contributed by atoms with E-state index in [1.54, 1.807) is 6.92 Å². The summed E-state index contributed by atoms with van der Waals surface area (Å²) in [7, 11) is 0. The average Bonchev–Trinajstić information content (AvgIpc) is 2.43. The second kappa shape index (κ2) is 5.99. The number of carbonyl (C=O) groups excluding carboxylic acids is 2. The summed E-state index contributed by atoms with van der Waals surface area (Å²) in [5.41, 5.74) is 4.73. The van der Waals surface area contributed by atoms with Crippen LogP contribution in [0.3, 0.4) is 0 Å². The topological polar surface area (TPSA) is 72.6 Å². The molecule has 2 N–H and O–H groups in total. The van der Waals surface area contributed by atoms with Crippen LogP contribution in [0.4, 0.5) is 4.39 Å². The number of morpholine rings is 1. The zero-order valence-electron chi connectivity index (χ0n) is 11.6. The van der Waals surface area contributed by atoms with Gasteiger partial charge >= 0.3 is 0 Å². The maximum Gasteiger partial charge on any atom is 0.251 e. The molecule has 2 amide bonds. The first kappa shape index (κ1) is 15.7. The lowest BCUT2D eigenvalue weighted by Gasteiger charge is -2.38. The molecule has 0 bridgehead atoms. The Kier molecular flexibility index (Phi) is 4.49. The van der Waals surface area contributed by atoms with Crippen LogP contribution in [0, 0.1) is 5.82 Å². The lowest BCUT2D eigenvalue weighted by molar-refractivity contribution is -0.160. The second-order valence-corrected chi connectivity index (χ2v) is 5.59. The molecule has 21 heavy (non-hydrogen) atoms. The first-order valence-corrected chi connectivity index (χ1v) is 6.85. The van der Waals surface area contributed by atoms with E-state index in [0.29, 0.717) is 12.1 Å². The summed E-state index contributed by atoms with van der Waals surface area (Å²) in [6, 6.07) is 4.15. The lowest BCUT2D eigenvalue weighted by atomic mass is 10.0. The third kappa shape index (κ3) is 3.51. The van der Waals surface area contributed by atoms with Crippen molar-refractivity contribution in [2.45, 2.75) is 18.9 Å². The minimum atomic E-state index is -1.17. The number of benzene rings is 1. The Balaban J connectivity index is 2.06. The quantitative estimate of drug-likeness (QED) is 0.909. The van der Waals surface area contributed by atoms with Crippen molar-refractivity contribution in [3.05, 3.63) is 34.6 Å². The number of nitrogens with two attached hydrogens (primary N) is 1. The third-order valence-corrected chi connectivity index (χ3v) is 3.78. The van der Waals surface area contributed by atoms with Crippen molar-refractivity contribution in [1.29, 1.82) is 0 Å². The molecular formula is C14H16ClFN2O3. The first-order valence-electron chi connectivity index (χ1n) is 6.47. The van der Waals surface area contributed by atoms with Crippen LogP contribution in [0.2, 0.25) is 5.02 Å². The summed E-state index contributed by atoms with van der Waals surface area (Å²) in [5, 5.41) is -0.0238. The summed E-state index contributed by atoms with van der Waals surface area (Å²) in [6.07, 6.45) is 0.0782. The number of primary amides is 1. The van der Waals surface area contributed by atoms with Crippen molar-refractivity contribution in [3.8, 4) is 0 Å². The monoisotopic (exact) mass is 314 g/mol. The minimum absolute atomic E-state index is 0.0238. The molecule has 114 valence electrons. The van der Waals surface area contributed by atoms with Crippen LogP contribution in [-0.2, 0) is 20.7 Å². The fourth-order valence-corrected chi connectivity index (χ4v) is 2.37. The van der Waals surface area contributed by atoms with Crippen molar-refractivity contribution in [2.24, 2.45) is 5.73 Å². The Morgan fingerprint density at radius 2 is 2.24 bits per heavy atom. The van der Waals surface area contributed by atoms with Crippen molar-refractivity contribution in [1.82, 2.24) is 4.90 Å². The van der Waals surface area contributed by atoms with E-state index in [0.717, 1.165) is 0 Å². The molecular weight excluding hydrogens is 299 g/mol. The van der Waals surface area contributed by atoms with E-state index < -0.39 is 17.3 Å². The number of hydrogen-bond acceptors (Lipinski definition) is 3. The summed E-state index contributed by atoms with van der Waals surface area (Å²) in [4.78, 5) is 25.2. The molecule has 1 aromatic carbocycles. The Bertz CT molecular complexity index is 581. The highest BCUT2D eigenvalue weighted by Crippen LogP contribution is 2.20. The molecule has 1 atom stereocenters. The molecule has 1 aromatic rings. The van der Waals surface area contributed by atoms with Crippen LogP contribution in [0.1, 0.15) is 12.5 Å². The normalized spacial score (nSPS) is 22.1. The van der Waals surface area contributed by atoms with Crippen LogP contribution in [0.15, 0.2) is 18.2 Å². The molecule has 0 radical (unpaired) electrons. The molecule has 1 aliphatic rings.